The predicted octanol–water partition coefficient (Wildman–Crippen LogP) is 4.43. The van der Waals surface area contributed by atoms with E-state index in [1.165, 1.54) is 18.2 Å². The number of likely N-dealkylation sites (tertiary alicyclic amines) is 1. The first-order chi connectivity index (χ1) is 15.6. The van der Waals surface area contributed by atoms with Crippen molar-refractivity contribution < 1.29 is 18.3 Å². The third-order valence-electron chi connectivity index (χ3n) is 6.61. The number of ether oxygens (including phenoxy) is 1. The van der Waals surface area contributed by atoms with Gasteiger partial charge in [0.2, 0.25) is 5.91 Å². The number of amides is 1. The molecule has 4 nitrogen and oxygen atoms in total. The standard InChI is InChI=1S/C26H32F2N2O2/c27-23-9-7-20(8-10-23)16-26(31)30(19-24-5-3-15-32-24)17-21-11-13-29(14-12-21)18-22-4-1-2-6-25(22)28/h1-2,4,6-10,21,24H,3,5,11-19H2/t24-/m1/s1. The molecule has 2 aromatic carbocycles. The molecule has 0 bridgehead atoms. The maximum Gasteiger partial charge on any atom is 0.227 e. The number of hydrogen-bond acceptors (Lipinski definition) is 3. The molecule has 0 aromatic heterocycles. The summed E-state index contributed by atoms with van der Waals surface area (Å²) in [5, 5.41) is 0. The van der Waals surface area contributed by atoms with E-state index >= 15 is 0 Å². The largest absolute Gasteiger partial charge is 0.376 e. The summed E-state index contributed by atoms with van der Waals surface area (Å²) in [7, 11) is 0. The number of piperidine rings is 1. The molecule has 6 heteroatoms. The van der Waals surface area contributed by atoms with Gasteiger partial charge in [0.25, 0.3) is 0 Å². The van der Waals surface area contributed by atoms with Crippen molar-refractivity contribution in [1.29, 1.82) is 0 Å². The molecule has 2 fully saturated rings. The molecular weight excluding hydrogens is 410 g/mol. The van der Waals surface area contributed by atoms with E-state index in [2.05, 4.69) is 4.90 Å². The van der Waals surface area contributed by atoms with Gasteiger partial charge in [0.15, 0.2) is 0 Å². The van der Waals surface area contributed by atoms with Gasteiger partial charge in [-0.3, -0.25) is 9.69 Å². The van der Waals surface area contributed by atoms with E-state index in [4.69, 9.17) is 4.74 Å². The highest BCUT2D eigenvalue weighted by molar-refractivity contribution is 5.78. The molecule has 1 amide bonds. The number of halogens is 2. The smallest absolute Gasteiger partial charge is 0.227 e. The zero-order chi connectivity index (χ0) is 22.3. The summed E-state index contributed by atoms with van der Waals surface area (Å²) < 4.78 is 33.0. The van der Waals surface area contributed by atoms with E-state index in [0.29, 0.717) is 25.6 Å². The van der Waals surface area contributed by atoms with Gasteiger partial charge in [-0.1, -0.05) is 30.3 Å². The Bertz CT molecular complexity index is 876. The van der Waals surface area contributed by atoms with Crippen LogP contribution in [-0.2, 0) is 22.5 Å². The number of nitrogens with zero attached hydrogens (tertiary/aromatic N) is 2. The normalized spacial score (nSPS) is 19.9. The number of carbonyl (C=O) groups is 1. The molecule has 0 saturated carbocycles. The first-order valence-corrected chi connectivity index (χ1v) is 11.7. The zero-order valence-electron chi connectivity index (χ0n) is 18.5. The van der Waals surface area contributed by atoms with Gasteiger partial charge in [-0.25, -0.2) is 8.78 Å². The SMILES string of the molecule is O=C(Cc1ccc(F)cc1)N(CC1CCN(Cc2ccccc2F)CC1)C[C@H]1CCCO1. The fraction of sp³-hybridized carbons (Fsp3) is 0.500. The van der Waals surface area contributed by atoms with Crippen LogP contribution in [0.2, 0.25) is 0 Å². The van der Waals surface area contributed by atoms with Crippen LogP contribution in [-0.4, -0.2) is 54.6 Å². The van der Waals surface area contributed by atoms with Gasteiger partial charge in [0.1, 0.15) is 11.6 Å². The maximum absolute atomic E-state index is 14.0. The molecule has 1 atom stereocenters. The maximum atomic E-state index is 14.0. The second-order valence-electron chi connectivity index (χ2n) is 9.05. The van der Waals surface area contributed by atoms with Crippen LogP contribution in [0.1, 0.15) is 36.8 Å². The van der Waals surface area contributed by atoms with Crippen molar-refractivity contribution in [2.24, 2.45) is 5.92 Å². The van der Waals surface area contributed by atoms with Crippen LogP contribution in [0, 0.1) is 17.6 Å². The van der Waals surface area contributed by atoms with Gasteiger partial charge in [0.05, 0.1) is 12.5 Å². The van der Waals surface area contributed by atoms with Crippen LogP contribution in [0.3, 0.4) is 0 Å². The van der Waals surface area contributed by atoms with E-state index < -0.39 is 0 Å². The van der Waals surface area contributed by atoms with Crippen molar-refractivity contribution in [2.75, 3.05) is 32.8 Å². The van der Waals surface area contributed by atoms with Gasteiger partial charge >= 0.3 is 0 Å². The highest BCUT2D eigenvalue weighted by Gasteiger charge is 2.27. The van der Waals surface area contributed by atoms with Crippen LogP contribution in [0.25, 0.3) is 0 Å². The van der Waals surface area contributed by atoms with Gasteiger partial charge < -0.3 is 9.64 Å². The van der Waals surface area contributed by atoms with Gasteiger partial charge in [0, 0.05) is 31.8 Å². The third-order valence-corrected chi connectivity index (χ3v) is 6.61. The molecule has 4 rings (SSSR count). The second kappa shape index (κ2) is 11.0. The minimum atomic E-state index is -0.292. The predicted molar refractivity (Wildman–Crippen MR) is 120 cm³/mol. The highest BCUT2D eigenvalue weighted by atomic mass is 19.1. The zero-order valence-corrected chi connectivity index (χ0v) is 18.5. The van der Waals surface area contributed by atoms with Crippen LogP contribution in [0.5, 0.6) is 0 Å². The van der Waals surface area contributed by atoms with Crippen molar-refractivity contribution in [3.05, 3.63) is 71.3 Å². The third kappa shape index (κ3) is 6.36. The minimum Gasteiger partial charge on any atom is -0.376 e. The number of carbonyl (C=O) groups excluding carboxylic acids is 1. The first kappa shape index (κ1) is 22.9. The highest BCUT2D eigenvalue weighted by Crippen LogP contribution is 2.23. The molecule has 0 aliphatic carbocycles. The molecule has 172 valence electrons. The van der Waals surface area contributed by atoms with E-state index in [0.717, 1.165) is 56.5 Å². The van der Waals surface area contributed by atoms with Gasteiger partial charge in [-0.2, -0.15) is 0 Å². The van der Waals surface area contributed by atoms with Crippen molar-refractivity contribution >= 4 is 5.91 Å². The molecule has 0 radical (unpaired) electrons. The number of benzene rings is 2. The van der Waals surface area contributed by atoms with Crippen molar-refractivity contribution in [3.63, 3.8) is 0 Å². The topological polar surface area (TPSA) is 32.8 Å². The number of hydrogen-bond donors (Lipinski definition) is 0. The van der Waals surface area contributed by atoms with Crippen LogP contribution in [0.15, 0.2) is 48.5 Å². The molecule has 2 heterocycles. The molecular formula is C26H32F2N2O2. The van der Waals surface area contributed by atoms with Crippen molar-refractivity contribution in [3.8, 4) is 0 Å². The summed E-state index contributed by atoms with van der Waals surface area (Å²) in [5.41, 5.74) is 1.56. The van der Waals surface area contributed by atoms with Crippen molar-refractivity contribution in [1.82, 2.24) is 9.80 Å². The summed E-state index contributed by atoms with van der Waals surface area (Å²) in [6, 6.07) is 13.1. The Morgan fingerprint density at radius 2 is 1.75 bits per heavy atom. The first-order valence-electron chi connectivity index (χ1n) is 11.7. The minimum absolute atomic E-state index is 0.0703. The fourth-order valence-corrected chi connectivity index (χ4v) is 4.71. The molecule has 0 spiro atoms. The molecule has 0 N–H and O–H groups in total. The molecule has 0 unspecified atom stereocenters. The van der Waals surface area contributed by atoms with Crippen LogP contribution >= 0.6 is 0 Å². The quantitative estimate of drug-likeness (QED) is 0.607. The van der Waals surface area contributed by atoms with E-state index in [9.17, 15) is 13.6 Å². The second-order valence-corrected chi connectivity index (χ2v) is 9.05. The Morgan fingerprint density at radius 3 is 2.44 bits per heavy atom. The molecule has 2 aromatic rings. The molecule has 2 aliphatic rings. The Balaban J connectivity index is 1.33. The monoisotopic (exact) mass is 442 g/mol. The Labute approximate surface area is 189 Å². The number of rotatable bonds is 8. The Hall–Kier alpha value is -2.31. The van der Waals surface area contributed by atoms with Crippen LogP contribution < -0.4 is 0 Å². The molecule has 2 aliphatic heterocycles. The summed E-state index contributed by atoms with van der Waals surface area (Å²) in [6.07, 6.45) is 4.38. The van der Waals surface area contributed by atoms with E-state index in [1.807, 2.05) is 17.0 Å². The summed E-state index contributed by atoms with van der Waals surface area (Å²) in [4.78, 5) is 17.4. The van der Waals surface area contributed by atoms with Crippen LogP contribution in [0.4, 0.5) is 8.78 Å². The fourth-order valence-electron chi connectivity index (χ4n) is 4.71. The Morgan fingerprint density at radius 1 is 1.00 bits per heavy atom. The van der Waals surface area contributed by atoms with Gasteiger partial charge in [-0.15, -0.1) is 0 Å². The lowest BCUT2D eigenvalue weighted by Crippen LogP contribution is -2.44. The molecule has 2 saturated heterocycles. The summed E-state index contributed by atoms with van der Waals surface area (Å²) in [5.74, 6) is 0.0506. The summed E-state index contributed by atoms with van der Waals surface area (Å²) >= 11 is 0. The Kier molecular flexibility index (Phi) is 7.87. The lowest BCUT2D eigenvalue weighted by molar-refractivity contribution is -0.133. The van der Waals surface area contributed by atoms with E-state index in [-0.39, 0.29) is 30.1 Å². The molecule has 32 heavy (non-hydrogen) atoms. The summed E-state index contributed by atoms with van der Waals surface area (Å²) in [6.45, 7) is 4.53. The van der Waals surface area contributed by atoms with Crippen molar-refractivity contribution in [2.45, 2.75) is 44.8 Å². The lowest BCUT2D eigenvalue weighted by atomic mass is 9.95. The average Bonchev–Trinajstić information content (AvgIpc) is 3.31. The van der Waals surface area contributed by atoms with Gasteiger partial charge in [-0.05, 0) is 68.5 Å². The average molecular weight is 443 g/mol. The van der Waals surface area contributed by atoms with E-state index in [1.54, 1.807) is 18.2 Å². The lowest BCUT2D eigenvalue weighted by Gasteiger charge is -2.35.